The van der Waals surface area contributed by atoms with Crippen LogP contribution in [-0.4, -0.2) is 19.2 Å². The first-order valence-corrected chi connectivity index (χ1v) is 8.71. The lowest BCUT2D eigenvalue weighted by Gasteiger charge is -2.33. The fourth-order valence-corrected chi connectivity index (χ4v) is 3.61. The second kappa shape index (κ2) is 6.18. The SMILES string of the molecule is CCC(CC)(CNC1CC1)Cc1cc(Cl)cc2c1OCC2. The summed E-state index contributed by atoms with van der Waals surface area (Å²) < 4.78 is 5.88. The van der Waals surface area contributed by atoms with Crippen LogP contribution < -0.4 is 10.1 Å². The maximum atomic E-state index is 6.31. The van der Waals surface area contributed by atoms with Gasteiger partial charge in [-0.15, -0.1) is 0 Å². The molecule has 1 aliphatic heterocycles. The highest BCUT2D eigenvalue weighted by Crippen LogP contribution is 2.39. The summed E-state index contributed by atoms with van der Waals surface area (Å²) >= 11 is 6.31. The van der Waals surface area contributed by atoms with Crippen molar-refractivity contribution in [2.45, 2.75) is 58.4 Å². The van der Waals surface area contributed by atoms with Crippen LogP contribution in [-0.2, 0) is 12.8 Å². The van der Waals surface area contributed by atoms with Crippen molar-refractivity contribution in [3.63, 3.8) is 0 Å². The van der Waals surface area contributed by atoms with E-state index >= 15 is 0 Å². The zero-order chi connectivity index (χ0) is 14.9. The lowest BCUT2D eigenvalue weighted by molar-refractivity contribution is 0.241. The monoisotopic (exact) mass is 307 g/mol. The minimum atomic E-state index is 0.312. The van der Waals surface area contributed by atoms with Crippen LogP contribution >= 0.6 is 11.6 Å². The van der Waals surface area contributed by atoms with Gasteiger partial charge in [0.1, 0.15) is 5.75 Å². The van der Waals surface area contributed by atoms with Crippen molar-refractivity contribution in [1.29, 1.82) is 0 Å². The van der Waals surface area contributed by atoms with Gasteiger partial charge in [-0.1, -0.05) is 25.4 Å². The third-order valence-electron chi connectivity index (χ3n) is 5.23. The predicted molar refractivity (Wildman–Crippen MR) is 88.4 cm³/mol. The summed E-state index contributed by atoms with van der Waals surface area (Å²) in [4.78, 5) is 0. The second-order valence-corrected chi connectivity index (χ2v) is 7.13. The van der Waals surface area contributed by atoms with Gasteiger partial charge in [-0.3, -0.25) is 0 Å². The molecule has 21 heavy (non-hydrogen) atoms. The molecule has 0 bridgehead atoms. The molecule has 1 aliphatic carbocycles. The average Bonchev–Trinajstić information content (AvgIpc) is 3.20. The molecule has 2 aliphatic rings. The highest BCUT2D eigenvalue weighted by Gasteiger charge is 2.32. The molecule has 0 spiro atoms. The molecule has 0 radical (unpaired) electrons. The Morgan fingerprint density at radius 1 is 1.29 bits per heavy atom. The van der Waals surface area contributed by atoms with E-state index < -0.39 is 0 Å². The van der Waals surface area contributed by atoms with Crippen molar-refractivity contribution in [2.24, 2.45) is 5.41 Å². The third kappa shape index (κ3) is 3.37. The Kier molecular flexibility index (Phi) is 4.46. The zero-order valence-electron chi connectivity index (χ0n) is 13.2. The molecule has 0 saturated heterocycles. The van der Waals surface area contributed by atoms with Crippen molar-refractivity contribution in [2.75, 3.05) is 13.2 Å². The standard InChI is InChI=1S/C18H26ClNO/c1-3-18(4-2,12-20-16-5-6-16)11-14-10-15(19)9-13-7-8-21-17(13)14/h9-10,16,20H,3-8,11-12H2,1-2H3. The van der Waals surface area contributed by atoms with Crippen LogP contribution in [0.25, 0.3) is 0 Å². The van der Waals surface area contributed by atoms with Gasteiger partial charge in [0.05, 0.1) is 6.61 Å². The van der Waals surface area contributed by atoms with E-state index in [1.165, 1.54) is 36.8 Å². The number of fused-ring (bicyclic) bond motifs is 1. The van der Waals surface area contributed by atoms with E-state index in [4.69, 9.17) is 16.3 Å². The predicted octanol–water partition coefficient (Wildman–Crippen LogP) is 4.38. The number of rotatable bonds is 7. The summed E-state index contributed by atoms with van der Waals surface area (Å²) in [6.07, 6.45) is 7.12. The van der Waals surface area contributed by atoms with Crippen LogP contribution in [0, 0.1) is 5.41 Å². The molecule has 1 aromatic carbocycles. The van der Waals surface area contributed by atoms with E-state index in [0.717, 1.165) is 42.8 Å². The number of hydrogen-bond acceptors (Lipinski definition) is 2. The summed E-state index contributed by atoms with van der Waals surface area (Å²) in [6, 6.07) is 4.95. The van der Waals surface area contributed by atoms with E-state index in [2.05, 4.69) is 31.3 Å². The van der Waals surface area contributed by atoms with E-state index in [1.54, 1.807) is 0 Å². The van der Waals surface area contributed by atoms with Crippen LogP contribution in [0.1, 0.15) is 50.7 Å². The van der Waals surface area contributed by atoms with Gasteiger partial charge < -0.3 is 10.1 Å². The number of ether oxygens (including phenoxy) is 1. The Morgan fingerprint density at radius 2 is 2.05 bits per heavy atom. The van der Waals surface area contributed by atoms with Crippen molar-refractivity contribution < 1.29 is 4.74 Å². The maximum absolute atomic E-state index is 6.31. The van der Waals surface area contributed by atoms with Crippen LogP contribution in [0.5, 0.6) is 5.75 Å². The molecule has 1 fully saturated rings. The van der Waals surface area contributed by atoms with Gasteiger partial charge in [0.2, 0.25) is 0 Å². The Balaban J connectivity index is 1.81. The summed E-state index contributed by atoms with van der Waals surface area (Å²) in [5.74, 6) is 1.11. The van der Waals surface area contributed by atoms with Crippen molar-refractivity contribution in [3.8, 4) is 5.75 Å². The minimum Gasteiger partial charge on any atom is -0.493 e. The smallest absolute Gasteiger partial charge is 0.125 e. The lowest BCUT2D eigenvalue weighted by Crippen LogP contribution is -2.36. The Bertz CT molecular complexity index is 506. The van der Waals surface area contributed by atoms with Gasteiger partial charge in [0.25, 0.3) is 0 Å². The Hall–Kier alpha value is -0.730. The lowest BCUT2D eigenvalue weighted by atomic mass is 9.76. The molecule has 0 unspecified atom stereocenters. The average molecular weight is 308 g/mol. The van der Waals surface area contributed by atoms with Gasteiger partial charge >= 0.3 is 0 Å². The Labute approximate surface area is 133 Å². The molecule has 1 heterocycles. The van der Waals surface area contributed by atoms with Crippen LogP contribution in [0.3, 0.4) is 0 Å². The zero-order valence-corrected chi connectivity index (χ0v) is 13.9. The summed E-state index contributed by atoms with van der Waals surface area (Å²) in [6.45, 7) is 6.52. The summed E-state index contributed by atoms with van der Waals surface area (Å²) in [7, 11) is 0. The van der Waals surface area contributed by atoms with Crippen LogP contribution in [0.15, 0.2) is 12.1 Å². The van der Waals surface area contributed by atoms with Crippen molar-refractivity contribution in [1.82, 2.24) is 5.32 Å². The van der Waals surface area contributed by atoms with Gasteiger partial charge in [-0.2, -0.15) is 0 Å². The van der Waals surface area contributed by atoms with Crippen LogP contribution in [0.4, 0.5) is 0 Å². The highest BCUT2D eigenvalue weighted by molar-refractivity contribution is 6.30. The van der Waals surface area contributed by atoms with E-state index in [0.29, 0.717) is 5.41 Å². The molecule has 0 amide bonds. The topological polar surface area (TPSA) is 21.3 Å². The Morgan fingerprint density at radius 3 is 2.71 bits per heavy atom. The highest BCUT2D eigenvalue weighted by atomic mass is 35.5. The van der Waals surface area contributed by atoms with Crippen LogP contribution in [0.2, 0.25) is 5.02 Å². The maximum Gasteiger partial charge on any atom is 0.125 e. The first-order valence-electron chi connectivity index (χ1n) is 8.33. The summed E-state index contributed by atoms with van der Waals surface area (Å²) in [5, 5.41) is 4.58. The number of nitrogens with one attached hydrogen (secondary N) is 1. The van der Waals surface area contributed by atoms with E-state index in [9.17, 15) is 0 Å². The van der Waals surface area contributed by atoms with Gasteiger partial charge in [-0.25, -0.2) is 0 Å². The molecule has 3 rings (SSSR count). The molecule has 1 aromatic rings. The quantitative estimate of drug-likeness (QED) is 0.807. The number of hydrogen-bond donors (Lipinski definition) is 1. The molecule has 1 N–H and O–H groups in total. The number of halogens is 1. The van der Waals surface area contributed by atoms with Crippen molar-refractivity contribution >= 4 is 11.6 Å². The normalized spacial score (nSPS) is 17.7. The van der Waals surface area contributed by atoms with E-state index in [1.807, 2.05) is 0 Å². The first-order chi connectivity index (χ1) is 10.2. The first kappa shape index (κ1) is 15.2. The molecule has 116 valence electrons. The molecule has 3 heteroatoms. The molecule has 2 nitrogen and oxygen atoms in total. The number of benzene rings is 1. The summed E-state index contributed by atoms with van der Waals surface area (Å²) in [5.41, 5.74) is 2.90. The largest absolute Gasteiger partial charge is 0.493 e. The van der Waals surface area contributed by atoms with Gasteiger partial charge in [0.15, 0.2) is 0 Å². The molecular formula is C18H26ClNO. The second-order valence-electron chi connectivity index (χ2n) is 6.69. The molecule has 1 saturated carbocycles. The molecular weight excluding hydrogens is 282 g/mol. The van der Waals surface area contributed by atoms with Crippen molar-refractivity contribution in [3.05, 3.63) is 28.3 Å². The molecule has 0 aromatic heterocycles. The van der Waals surface area contributed by atoms with E-state index in [-0.39, 0.29) is 0 Å². The fraction of sp³-hybridized carbons (Fsp3) is 0.667. The van der Waals surface area contributed by atoms with Gasteiger partial charge in [-0.05, 0) is 60.8 Å². The third-order valence-corrected chi connectivity index (χ3v) is 5.45. The fourth-order valence-electron chi connectivity index (χ4n) is 3.34. The minimum absolute atomic E-state index is 0.312. The van der Waals surface area contributed by atoms with Gasteiger partial charge in [0, 0.05) is 24.0 Å². The molecule has 0 atom stereocenters.